The predicted octanol–water partition coefficient (Wildman–Crippen LogP) is 3.37. The van der Waals surface area contributed by atoms with E-state index < -0.39 is 5.60 Å². The molecule has 1 heterocycles. The maximum absolute atomic E-state index is 12.6. The molecule has 0 aliphatic carbocycles. The Labute approximate surface area is 133 Å². The molecule has 0 saturated heterocycles. The normalized spacial score (nSPS) is 11.9. The van der Waals surface area contributed by atoms with Crippen molar-refractivity contribution in [2.24, 2.45) is 0 Å². The number of fused-ring (bicyclic) bond motifs is 1. The lowest BCUT2D eigenvalue weighted by Gasteiger charge is -2.27. The molecule has 114 valence electrons. The Kier molecular flexibility index (Phi) is 4.46. The average molecular weight is 327 g/mol. The third kappa shape index (κ3) is 3.48. The Morgan fingerprint density at radius 3 is 2.71 bits per heavy atom. The summed E-state index contributed by atoms with van der Waals surface area (Å²) in [6.45, 7) is 6.01. The van der Waals surface area contributed by atoms with Gasteiger partial charge in [-0.2, -0.15) is 0 Å². The summed E-state index contributed by atoms with van der Waals surface area (Å²) in [4.78, 5) is 14.7. The zero-order chi connectivity index (χ0) is 15.8. The molecule has 0 radical (unpaired) electrons. The van der Waals surface area contributed by atoms with E-state index in [1.165, 1.54) is 11.3 Å². The number of aliphatic hydroxyl groups is 1. The summed E-state index contributed by atoms with van der Waals surface area (Å²) < 4.78 is 0.891. The van der Waals surface area contributed by atoms with Gasteiger partial charge in [0.25, 0.3) is 5.91 Å². The van der Waals surface area contributed by atoms with Crippen LogP contribution < -0.4 is 5.73 Å². The number of halogens is 1. The molecule has 0 atom stereocenters. The molecule has 0 bridgehead atoms. The molecule has 0 spiro atoms. The summed E-state index contributed by atoms with van der Waals surface area (Å²) in [5.74, 6) is -0.158. The number of thiophene rings is 1. The Morgan fingerprint density at radius 2 is 2.14 bits per heavy atom. The SMILES string of the molecule is CCN(CC(C)(C)O)C(=O)c1sc2cc(Cl)ccc2c1N. The van der Waals surface area contributed by atoms with Crippen LogP contribution in [0, 0.1) is 0 Å². The van der Waals surface area contributed by atoms with Crippen molar-refractivity contribution in [3.8, 4) is 0 Å². The summed E-state index contributed by atoms with van der Waals surface area (Å²) in [5, 5.41) is 11.4. The molecule has 0 fully saturated rings. The fraction of sp³-hybridized carbons (Fsp3) is 0.400. The average Bonchev–Trinajstić information content (AvgIpc) is 2.71. The van der Waals surface area contributed by atoms with Crippen molar-refractivity contribution in [3.63, 3.8) is 0 Å². The van der Waals surface area contributed by atoms with Crippen molar-refractivity contribution in [2.75, 3.05) is 18.8 Å². The highest BCUT2D eigenvalue weighted by Gasteiger charge is 2.25. The highest BCUT2D eigenvalue weighted by molar-refractivity contribution is 7.21. The van der Waals surface area contributed by atoms with Gasteiger partial charge in [-0.3, -0.25) is 4.79 Å². The van der Waals surface area contributed by atoms with Crippen LogP contribution in [0.15, 0.2) is 18.2 Å². The molecule has 2 aromatic rings. The number of carbonyl (C=O) groups excluding carboxylic acids is 1. The van der Waals surface area contributed by atoms with E-state index in [0.717, 1.165) is 10.1 Å². The second kappa shape index (κ2) is 5.83. The van der Waals surface area contributed by atoms with Crippen LogP contribution in [0.4, 0.5) is 5.69 Å². The molecule has 2 rings (SSSR count). The van der Waals surface area contributed by atoms with E-state index >= 15 is 0 Å². The minimum Gasteiger partial charge on any atom is -0.397 e. The lowest BCUT2D eigenvalue weighted by atomic mass is 10.1. The molecule has 0 aliphatic rings. The third-order valence-electron chi connectivity index (χ3n) is 3.13. The highest BCUT2D eigenvalue weighted by Crippen LogP contribution is 2.36. The fourth-order valence-electron chi connectivity index (χ4n) is 2.19. The molecule has 0 saturated carbocycles. The van der Waals surface area contributed by atoms with Crippen LogP contribution in [0.1, 0.15) is 30.4 Å². The second-order valence-corrected chi connectivity index (χ2v) is 7.11. The zero-order valence-corrected chi connectivity index (χ0v) is 13.9. The van der Waals surface area contributed by atoms with E-state index in [9.17, 15) is 9.90 Å². The first kappa shape index (κ1) is 16.1. The van der Waals surface area contributed by atoms with Gasteiger partial charge < -0.3 is 15.7 Å². The molecule has 21 heavy (non-hydrogen) atoms. The Morgan fingerprint density at radius 1 is 1.48 bits per heavy atom. The first-order valence-corrected chi connectivity index (χ1v) is 7.91. The van der Waals surface area contributed by atoms with Crippen molar-refractivity contribution in [1.82, 2.24) is 4.90 Å². The Balaban J connectivity index is 2.40. The van der Waals surface area contributed by atoms with Gasteiger partial charge >= 0.3 is 0 Å². The monoisotopic (exact) mass is 326 g/mol. The predicted molar refractivity (Wildman–Crippen MR) is 89.1 cm³/mol. The maximum Gasteiger partial charge on any atom is 0.266 e. The number of likely N-dealkylation sites (N-methyl/N-ethyl adjacent to an activating group) is 1. The number of anilines is 1. The molecule has 1 aromatic carbocycles. The lowest BCUT2D eigenvalue weighted by Crippen LogP contribution is -2.42. The summed E-state index contributed by atoms with van der Waals surface area (Å²) in [6, 6.07) is 5.39. The van der Waals surface area contributed by atoms with Crippen LogP contribution in [-0.2, 0) is 0 Å². The molecule has 4 nitrogen and oxygen atoms in total. The van der Waals surface area contributed by atoms with Gasteiger partial charge in [-0.15, -0.1) is 11.3 Å². The van der Waals surface area contributed by atoms with Crippen LogP contribution in [0.2, 0.25) is 5.02 Å². The van der Waals surface area contributed by atoms with Gasteiger partial charge in [-0.25, -0.2) is 0 Å². The van der Waals surface area contributed by atoms with Gasteiger partial charge in [0.05, 0.1) is 11.3 Å². The molecular weight excluding hydrogens is 308 g/mol. The number of rotatable bonds is 4. The summed E-state index contributed by atoms with van der Waals surface area (Å²) in [7, 11) is 0. The number of hydrogen-bond acceptors (Lipinski definition) is 4. The number of benzene rings is 1. The minimum absolute atomic E-state index is 0.158. The fourth-order valence-corrected chi connectivity index (χ4v) is 3.55. The van der Waals surface area contributed by atoms with Crippen molar-refractivity contribution in [3.05, 3.63) is 28.1 Å². The minimum atomic E-state index is -0.944. The van der Waals surface area contributed by atoms with E-state index in [4.69, 9.17) is 17.3 Å². The quantitative estimate of drug-likeness (QED) is 0.905. The molecule has 3 N–H and O–H groups in total. The van der Waals surface area contributed by atoms with Gasteiger partial charge in [0, 0.05) is 28.2 Å². The van der Waals surface area contributed by atoms with Gasteiger partial charge in [-0.05, 0) is 39.0 Å². The van der Waals surface area contributed by atoms with Crippen LogP contribution in [0.25, 0.3) is 10.1 Å². The van der Waals surface area contributed by atoms with Gasteiger partial charge in [0.2, 0.25) is 0 Å². The van der Waals surface area contributed by atoms with Gasteiger partial charge in [-0.1, -0.05) is 11.6 Å². The number of nitrogens with zero attached hydrogens (tertiary/aromatic N) is 1. The van der Waals surface area contributed by atoms with E-state index in [2.05, 4.69) is 0 Å². The zero-order valence-electron chi connectivity index (χ0n) is 12.3. The van der Waals surface area contributed by atoms with Crippen molar-refractivity contribution >= 4 is 44.6 Å². The Bertz CT molecular complexity index is 676. The molecule has 0 aliphatic heterocycles. The number of carbonyl (C=O) groups is 1. The molecule has 0 unspecified atom stereocenters. The largest absolute Gasteiger partial charge is 0.397 e. The van der Waals surface area contributed by atoms with Crippen molar-refractivity contribution < 1.29 is 9.90 Å². The topological polar surface area (TPSA) is 66.6 Å². The molecular formula is C15H19ClN2O2S. The van der Waals surface area contributed by atoms with Crippen molar-refractivity contribution in [2.45, 2.75) is 26.4 Å². The van der Waals surface area contributed by atoms with E-state index in [1.807, 2.05) is 13.0 Å². The summed E-state index contributed by atoms with van der Waals surface area (Å²) in [6.07, 6.45) is 0. The van der Waals surface area contributed by atoms with E-state index in [-0.39, 0.29) is 12.5 Å². The standard InChI is InChI=1S/C15H19ClN2O2S/c1-4-18(8-15(2,3)20)14(19)13-12(17)10-6-5-9(16)7-11(10)21-13/h5-7,20H,4,8,17H2,1-3H3. The first-order valence-electron chi connectivity index (χ1n) is 6.72. The number of nitrogen functional groups attached to an aromatic ring is 1. The van der Waals surface area contributed by atoms with Crippen LogP contribution in [0.3, 0.4) is 0 Å². The molecule has 6 heteroatoms. The van der Waals surface area contributed by atoms with Crippen LogP contribution >= 0.6 is 22.9 Å². The third-order valence-corrected chi connectivity index (χ3v) is 4.52. The van der Waals surface area contributed by atoms with Gasteiger partial charge in [0.1, 0.15) is 4.88 Å². The highest BCUT2D eigenvalue weighted by atomic mass is 35.5. The van der Waals surface area contributed by atoms with Crippen molar-refractivity contribution in [1.29, 1.82) is 0 Å². The summed E-state index contributed by atoms with van der Waals surface area (Å²) in [5.41, 5.74) is 5.64. The lowest BCUT2D eigenvalue weighted by molar-refractivity contribution is 0.0318. The van der Waals surface area contributed by atoms with Crippen LogP contribution in [-0.4, -0.2) is 34.6 Å². The first-order chi connectivity index (χ1) is 9.73. The second-order valence-electron chi connectivity index (χ2n) is 5.62. The van der Waals surface area contributed by atoms with E-state index in [1.54, 1.807) is 30.9 Å². The maximum atomic E-state index is 12.6. The van der Waals surface area contributed by atoms with Crippen LogP contribution in [0.5, 0.6) is 0 Å². The number of nitrogens with two attached hydrogens (primary N) is 1. The smallest absolute Gasteiger partial charge is 0.266 e. The number of hydrogen-bond donors (Lipinski definition) is 2. The number of amides is 1. The molecule has 1 amide bonds. The van der Waals surface area contributed by atoms with E-state index in [0.29, 0.717) is 22.1 Å². The molecule has 1 aromatic heterocycles. The van der Waals surface area contributed by atoms with Gasteiger partial charge in [0.15, 0.2) is 0 Å². The summed E-state index contributed by atoms with van der Waals surface area (Å²) >= 11 is 7.31. The Hall–Kier alpha value is -1.30.